The van der Waals surface area contributed by atoms with Crippen LogP contribution < -0.4 is 10.1 Å². The molecule has 124 valence electrons. The number of aromatic nitrogens is 1. The Balaban J connectivity index is 1.61. The fourth-order valence-corrected chi connectivity index (χ4v) is 3.11. The standard InChI is InChI=1S/C19H13ClN2O3/c20-18-14-4-2-1-3-11(14)10-16(22-18)19(24)25-13-6-7-15-12(9-13)5-8-17(23)21-15/h1-4,6-7,9-10H,5,8H2,(H,21,23). The molecule has 0 unspecified atom stereocenters. The minimum Gasteiger partial charge on any atom is -0.422 e. The van der Waals surface area contributed by atoms with Crippen LogP contribution in [0.15, 0.2) is 48.5 Å². The minimum atomic E-state index is -0.576. The summed E-state index contributed by atoms with van der Waals surface area (Å²) in [4.78, 5) is 27.9. The van der Waals surface area contributed by atoms with E-state index in [-0.39, 0.29) is 16.8 Å². The van der Waals surface area contributed by atoms with Gasteiger partial charge >= 0.3 is 5.97 Å². The normalized spacial score (nSPS) is 13.2. The predicted molar refractivity (Wildman–Crippen MR) is 95.1 cm³/mol. The maximum atomic E-state index is 12.4. The number of pyridine rings is 1. The quantitative estimate of drug-likeness (QED) is 0.430. The Kier molecular flexibility index (Phi) is 3.86. The van der Waals surface area contributed by atoms with Gasteiger partial charge in [-0.3, -0.25) is 4.79 Å². The van der Waals surface area contributed by atoms with Gasteiger partial charge in [-0.2, -0.15) is 0 Å². The van der Waals surface area contributed by atoms with E-state index in [0.29, 0.717) is 18.6 Å². The van der Waals surface area contributed by atoms with Crippen molar-refractivity contribution in [1.29, 1.82) is 0 Å². The third-order valence-corrected chi connectivity index (χ3v) is 4.37. The average Bonchev–Trinajstić information content (AvgIpc) is 2.62. The van der Waals surface area contributed by atoms with Crippen molar-refractivity contribution in [2.24, 2.45) is 0 Å². The van der Waals surface area contributed by atoms with Crippen molar-refractivity contribution < 1.29 is 14.3 Å². The van der Waals surface area contributed by atoms with E-state index >= 15 is 0 Å². The lowest BCUT2D eigenvalue weighted by molar-refractivity contribution is -0.116. The van der Waals surface area contributed by atoms with Crippen molar-refractivity contribution in [3.05, 3.63) is 64.9 Å². The van der Waals surface area contributed by atoms with Crippen molar-refractivity contribution in [3.63, 3.8) is 0 Å². The van der Waals surface area contributed by atoms with Crippen LogP contribution in [0.3, 0.4) is 0 Å². The van der Waals surface area contributed by atoms with Crippen molar-refractivity contribution in [2.75, 3.05) is 5.32 Å². The van der Waals surface area contributed by atoms with Gasteiger partial charge in [0.1, 0.15) is 10.9 Å². The molecule has 2 aromatic carbocycles. The van der Waals surface area contributed by atoms with Crippen molar-refractivity contribution in [2.45, 2.75) is 12.8 Å². The van der Waals surface area contributed by atoms with Gasteiger partial charge < -0.3 is 10.1 Å². The van der Waals surface area contributed by atoms with Gasteiger partial charge in [-0.05, 0) is 41.6 Å². The maximum absolute atomic E-state index is 12.4. The molecule has 1 aromatic heterocycles. The van der Waals surface area contributed by atoms with Gasteiger partial charge in [0.2, 0.25) is 5.91 Å². The number of carbonyl (C=O) groups excluding carboxylic acids is 2. The van der Waals surface area contributed by atoms with E-state index < -0.39 is 5.97 Å². The highest BCUT2D eigenvalue weighted by Crippen LogP contribution is 2.28. The third kappa shape index (κ3) is 3.06. The van der Waals surface area contributed by atoms with Crippen molar-refractivity contribution in [1.82, 2.24) is 4.98 Å². The molecule has 0 bridgehead atoms. The molecule has 6 heteroatoms. The molecular weight excluding hydrogens is 340 g/mol. The largest absolute Gasteiger partial charge is 0.422 e. The Hall–Kier alpha value is -2.92. The first-order valence-electron chi connectivity index (χ1n) is 7.80. The van der Waals surface area contributed by atoms with Crippen LogP contribution in [0.1, 0.15) is 22.5 Å². The number of anilines is 1. The highest BCUT2D eigenvalue weighted by molar-refractivity contribution is 6.34. The fourth-order valence-electron chi connectivity index (χ4n) is 2.84. The van der Waals surface area contributed by atoms with E-state index in [4.69, 9.17) is 16.3 Å². The second-order valence-electron chi connectivity index (χ2n) is 5.78. The number of fused-ring (bicyclic) bond motifs is 2. The zero-order valence-corrected chi connectivity index (χ0v) is 13.8. The maximum Gasteiger partial charge on any atom is 0.362 e. The molecule has 0 saturated carbocycles. The highest BCUT2D eigenvalue weighted by atomic mass is 35.5. The number of ether oxygens (including phenoxy) is 1. The summed E-state index contributed by atoms with van der Waals surface area (Å²) < 4.78 is 5.42. The number of rotatable bonds is 2. The lowest BCUT2D eigenvalue weighted by atomic mass is 10.0. The van der Waals surface area contributed by atoms with Crippen LogP contribution in [0.2, 0.25) is 5.15 Å². The molecule has 1 aliphatic rings. The number of hydrogen-bond acceptors (Lipinski definition) is 4. The molecule has 0 atom stereocenters. The monoisotopic (exact) mass is 352 g/mol. The van der Waals surface area contributed by atoms with E-state index in [1.807, 2.05) is 24.3 Å². The van der Waals surface area contributed by atoms with Crippen molar-refractivity contribution in [3.8, 4) is 5.75 Å². The van der Waals surface area contributed by atoms with Crippen molar-refractivity contribution >= 4 is 39.9 Å². The summed E-state index contributed by atoms with van der Waals surface area (Å²) in [6.07, 6.45) is 1.04. The predicted octanol–water partition coefficient (Wildman–Crippen LogP) is 3.99. The van der Waals surface area contributed by atoms with Crippen LogP contribution in [0.4, 0.5) is 5.69 Å². The molecule has 2 heterocycles. The fraction of sp³-hybridized carbons (Fsp3) is 0.105. The Labute approximate surface area is 148 Å². The summed E-state index contributed by atoms with van der Waals surface area (Å²) in [5, 5.41) is 4.66. The van der Waals surface area contributed by atoms with Crippen LogP contribution in [0.5, 0.6) is 5.75 Å². The van der Waals surface area contributed by atoms with E-state index in [9.17, 15) is 9.59 Å². The molecule has 25 heavy (non-hydrogen) atoms. The van der Waals surface area contributed by atoms with Gasteiger partial charge in [-0.1, -0.05) is 35.9 Å². The molecule has 3 aromatic rings. The second-order valence-corrected chi connectivity index (χ2v) is 6.13. The minimum absolute atomic E-state index is 0.00718. The van der Waals surface area contributed by atoms with E-state index in [0.717, 1.165) is 22.0 Å². The van der Waals surface area contributed by atoms with Crippen LogP contribution in [0.25, 0.3) is 10.8 Å². The lowest BCUT2D eigenvalue weighted by Crippen LogP contribution is -2.19. The number of aryl methyl sites for hydroxylation is 1. The zero-order valence-electron chi connectivity index (χ0n) is 13.1. The first-order chi connectivity index (χ1) is 12.1. The Bertz CT molecular complexity index is 1020. The number of nitrogens with zero attached hydrogens (tertiary/aromatic N) is 1. The summed E-state index contributed by atoms with van der Waals surface area (Å²) in [6.45, 7) is 0. The van der Waals surface area contributed by atoms with Crippen LogP contribution in [-0.2, 0) is 11.2 Å². The van der Waals surface area contributed by atoms with Gasteiger partial charge in [-0.25, -0.2) is 9.78 Å². The van der Waals surface area contributed by atoms with Gasteiger partial charge in [0.25, 0.3) is 0 Å². The number of carbonyl (C=O) groups is 2. The number of benzene rings is 2. The number of halogens is 1. The first kappa shape index (κ1) is 15.6. The molecule has 0 spiro atoms. The number of amides is 1. The molecule has 1 amide bonds. The molecule has 4 rings (SSSR count). The summed E-state index contributed by atoms with van der Waals surface area (Å²) in [6, 6.07) is 14.2. The second kappa shape index (κ2) is 6.18. The van der Waals surface area contributed by atoms with Gasteiger partial charge in [0.05, 0.1) is 0 Å². The summed E-state index contributed by atoms with van der Waals surface area (Å²) in [5.74, 6) is -0.175. The molecular formula is C19H13ClN2O3. The van der Waals surface area contributed by atoms with Crippen LogP contribution >= 0.6 is 11.6 Å². The SMILES string of the molecule is O=C1CCc2cc(OC(=O)c3cc4ccccc4c(Cl)n3)ccc2N1. The van der Waals surface area contributed by atoms with E-state index in [1.165, 1.54) is 0 Å². The molecule has 5 nitrogen and oxygen atoms in total. The molecule has 0 fully saturated rings. The Morgan fingerprint density at radius 2 is 1.96 bits per heavy atom. The molecule has 1 N–H and O–H groups in total. The van der Waals surface area contributed by atoms with Gasteiger partial charge in [-0.15, -0.1) is 0 Å². The topological polar surface area (TPSA) is 68.3 Å². The third-order valence-electron chi connectivity index (χ3n) is 4.09. The number of nitrogens with one attached hydrogen (secondary N) is 1. The van der Waals surface area contributed by atoms with Gasteiger partial charge in [0.15, 0.2) is 5.69 Å². The lowest BCUT2D eigenvalue weighted by Gasteiger charge is -2.17. The van der Waals surface area contributed by atoms with Crippen LogP contribution in [-0.4, -0.2) is 16.9 Å². The average molecular weight is 353 g/mol. The van der Waals surface area contributed by atoms with Crippen LogP contribution in [0, 0.1) is 0 Å². The van der Waals surface area contributed by atoms with E-state index in [2.05, 4.69) is 10.3 Å². The molecule has 0 saturated heterocycles. The summed E-state index contributed by atoms with van der Waals surface area (Å²) >= 11 is 6.16. The smallest absolute Gasteiger partial charge is 0.362 e. The Morgan fingerprint density at radius 3 is 2.84 bits per heavy atom. The summed E-state index contributed by atoms with van der Waals surface area (Å²) in [5.41, 5.74) is 1.84. The Morgan fingerprint density at radius 1 is 1.12 bits per heavy atom. The summed E-state index contributed by atoms with van der Waals surface area (Å²) in [7, 11) is 0. The number of hydrogen-bond donors (Lipinski definition) is 1. The van der Waals surface area contributed by atoms with E-state index in [1.54, 1.807) is 24.3 Å². The van der Waals surface area contributed by atoms with Gasteiger partial charge in [0, 0.05) is 17.5 Å². The molecule has 0 aliphatic carbocycles. The first-order valence-corrected chi connectivity index (χ1v) is 8.18. The molecule has 0 radical (unpaired) electrons. The number of esters is 1. The zero-order chi connectivity index (χ0) is 17.4. The molecule has 1 aliphatic heterocycles. The highest BCUT2D eigenvalue weighted by Gasteiger charge is 2.17.